The Hall–Kier alpha value is -2.84. The van der Waals surface area contributed by atoms with Gasteiger partial charge in [0.1, 0.15) is 12.4 Å². The number of benzene rings is 2. The summed E-state index contributed by atoms with van der Waals surface area (Å²) in [6.45, 7) is 14.4. The van der Waals surface area contributed by atoms with Crippen LogP contribution in [0.25, 0.3) is 0 Å². The zero-order valence-corrected chi connectivity index (χ0v) is 21.2. The van der Waals surface area contributed by atoms with Crippen LogP contribution in [0.2, 0.25) is 0 Å². The van der Waals surface area contributed by atoms with E-state index in [9.17, 15) is 14.6 Å². The van der Waals surface area contributed by atoms with Crippen molar-refractivity contribution < 1.29 is 24.0 Å². The summed E-state index contributed by atoms with van der Waals surface area (Å²) in [5.41, 5.74) is 6.56. The predicted octanol–water partition coefficient (Wildman–Crippen LogP) is 3.32. The van der Waals surface area contributed by atoms with E-state index in [-0.39, 0.29) is 30.6 Å². The smallest absolute Gasteiger partial charge is 0.491 e. The summed E-state index contributed by atoms with van der Waals surface area (Å²) in [7, 11) is -1.11. The molecular formula is C26H35BN2O5. The van der Waals surface area contributed by atoms with Crippen LogP contribution in [0.5, 0.6) is 5.75 Å². The van der Waals surface area contributed by atoms with Crippen molar-refractivity contribution in [2.45, 2.75) is 60.9 Å². The fourth-order valence-corrected chi connectivity index (χ4v) is 4.60. The maximum atomic E-state index is 13.7. The van der Waals surface area contributed by atoms with Crippen LogP contribution in [0, 0.1) is 26.2 Å². The maximum Gasteiger partial charge on any atom is 0.495 e. The molecule has 0 saturated carbocycles. The van der Waals surface area contributed by atoms with Gasteiger partial charge in [-0.15, -0.1) is 0 Å². The minimum absolute atomic E-state index is 0.239. The molecular weight excluding hydrogens is 431 g/mol. The van der Waals surface area contributed by atoms with Crippen LogP contribution in [0.3, 0.4) is 0 Å². The summed E-state index contributed by atoms with van der Waals surface area (Å²) in [6, 6.07) is 8.71. The number of hydrogen-bond donors (Lipinski definition) is 2. The molecule has 0 radical (unpaired) electrons. The highest BCUT2D eigenvalue weighted by molar-refractivity contribution is 6.61. The molecule has 0 aromatic heterocycles. The van der Waals surface area contributed by atoms with E-state index in [4.69, 9.17) is 9.39 Å². The number of nitrogens with one attached hydrogen (secondary N) is 1. The maximum absolute atomic E-state index is 13.7. The van der Waals surface area contributed by atoms with Gasteiger partial charge in [-0.2, -0.15) is 0 Å². The third-order valence-corrected chi connectivity index (χ3v) is 6.16. The monoisotopic (exact) mass is 466 g/mol. The predicted molar refractivity (Wildman–Crippen MR) is 133 cm³/mol. The molecule has 2 aromatic rings. The fraction of sp³-hybridized carbons (Fsp3) is 0.462. The molecule has 2 aromatic carbocycles. The lowest BCUT2D eigenvalue weighted by molar-refractivity contribution is 0.0284. The largest absolute Gasteiger partial charge is 0.495 e. The highest BCUT2D eigenvalue weighted by atomic mass is 16.6. The van der Waals surface area contributed by atoms with Gasteiger partial charge < -0.3 is 14.4 Å². The van der Waals surface area contributed by atoms with Crippen molar-refractivity contribution in [2.24, 2.45) is 5.41 Å². The number of aryl methyl sites for hydroxylation is 2. The Kier molecular flexibility index (Phi) is 7.73. The molecule has 0 saturated heterocycles. The number of nitrogens with zero attached hydrogens (tertiary/aromatic N) is 1. The average Bonchev–Trinajstić information content (AvgIpc) is 2.93. The molecule has 0 unspecified atom stereocenters. The fourth-order valence-electron chi connectivity index (χ4n) is 4.60. The summed E-state index contributed by atoms with van der Waals surface area (Å²) >= 11 is 0. The van der Waals surface area contributed by atoms with E-state index < -0.39 is 13.0 Å². The Morgan fingerprint density at radius 2 is 1.76 bits per heavy atom. The van der Waals surface area contributed by atoms with E-state index in [1.54, 1.807) is 19.1 Å². The Bertz CT molecular complexity index is 1060. The first kappa shape index (κ1) is 25.8. The van der Waals surface area contributed by atoms with Crippen LogP contribution in [-0.4, -0.2) is 48.2 Å². The number of carbonyl (C=O) groups is 2. The van der Waals surface area contributed by atoms with Crippen LogP contribution in [0.4, 0.5) is 0 Å². The van der Waals surface area contributed by atoms with Crippen molar-refractivity contribution in [1.82, 2.24) is 10.4 Å². The van der Waals surface area contributed by atoms with Crippen molar-refractivity contribution >= 4 is 24.4 Å². The minimum Gasteiger partial charge on any atom is -0.491 e. The first-order valence-corrected chi connectivity index (χ1v) is 11.7. The molecule has 182 valence electrons. The van der Waals surface area contributed by atoms with Gasteiger partial charge in [-0.25, -0.2) is 5.01 Å². The van der Waals surface area contributed by atoms with E-state index in [1.165, 1.54) is 5.01 Å². The van der Waals surface area contributed by atoms with Gasteiger partial charge in [-0.1, -0.05) is 51.0 Å². The Morgan fingerprint density at radius 1 is 1.12 bits per heavy atom. The molecule has 1 heterocycles. The molecule has 1 atom stereocenters. The third-order valence-electron chi connectivity index (χ3n) is 6.16. The van der Waals surface area contributed by atoms with Gasteiger partial charge in [0, 0.05) is 22.2 Å². The first-order chi connectivity index (χ1) is 15.9. The molecule has 0 bridgehead atoms. The lowest BCUT2D eigenvalue weighted by Gasteiger charge is -2.39. The van der Waals surface area contributed by atoms with Gasteiger partial charge in [-0.3, -0.25) is 15.0 Å². The second kappa shape index (κ2) is 10.2. The SMILES string of the molecule is CC[C@H](N(NC(=O)c1ccc2c(c1C)OCCOB2O)C(=O)c1cc(C)cc(C)c1)C(C)(C)C. The van der Waals surface area contributed by atoms with Crippen LogP contribution >= 0.6 is 0 Å². The van der Waals surface area contributed by atoms with Gasteiger partial charge >= 0.3 is 7.12 Å². The van der Waals surface area contributed by atoms with Gasteiger partial charge in [0.25, 0.3) is 11.8 Å². The zero-order valence-electron chi connectivity index (χ0n) is 21.2. The molecule has 2 amide bonds. The average molecular weight is 466 g/mol. The summed E-state index contributed by atoms with van der Waals surface area (Å²) < 4.78 is 11.1. The molecule has 34 heavy (non-hydrogen) atoms. The molecule has 0 fully saturated rings. The number of carbonyl (C=O) groups excluding carboxylic acids is 2. The number of amides is 2. The van der Waals surface area contributed by atoms with E-state index >= 15 is 0 Å². The topological polar surface area (TPSA) is 88.1 Å². The molecule has 3 rings (SSSR count). The second-order valence-corrected chi connectivity index (χ2v) is 10.0. The van der Waals surface area contributed by atoms with E-state index in [0.717, 1.165) is 11.1 Å². The molecule has 1 aliphatic rings. The van der Waals surface area contributed by atoms with Crippen molar-refractivity contribution in [1.29, 1.82) is 0 Å². The number of fused-ring (bicyclic) bond motifs is 1. The number of hydrogen-bond acceptors (Lipinski definition) is 5. The van der Waals surface area contributed by atoms with E-state index in [1.807, 2.05) is 39.0 Å². The van der Waals surface area contributed by atoms with Crippen molar-refractivity contribution in [3.05, 3.63) is 58.1 Å². The van der Waals surface area contributed by atoms with Crippen LogP contribution in [0.15, 0.2) is 30.3 Å². The normalized spacial score (nSPS) is 14.5. The summed E-state index contributed by atoms with van der Waals surface area (Å²) in [6.07, 6.45) is 0.663. The van der Waals surface area contributed by atoms with Gasteiger partial charge in [0.2, 0.25) is 0 Å². The third kappa shape index (κ3) is 5.45. The van der Waals surface area contributed by atoms with Crippen molar-refractivity contribution in [2.75, 3.05) is 13.2 Å². The molecule has 7 nitrogen and oxygen atoms in total. The van der Waals surface area contributed by atoms with Crippen LogP contribution in [0.1, 0.15) is 71.5 Å². The Morgan fingerprint density at radius 3 is 2.35 bits per heavy atom. The van der Waals surface area contributed by atoms with Crippen LogP contribution in [-0.2, 0) is 4.65 Å². The summed E-state index contributed by atoms with van der Waals surface area (Å²) in [5, 5.41) is 11.7. The highest BCUT2D eigenvalue weighted by Gasteiger charge is 2.35. The van der Waals surface area contributed by atoms with Crippen molar-refractivity contribution in [3.8, 4) is 5.75 Å². The van der Waals surface area contributed by atoms with E-state index in [2.05, 4.69) is 26.2 Å². The highest BCUT2D eigenvalue weighted by Crippen LogP contribution is 2.28. The van der Waals surface area contributed by atoms with Gasteiger partial charge in [0.05, 0.1) is 12.6 Å². The number of hydrazine groups is 1. The van der Waals surface area contributed by atoms with Crippen LogP contribution < -0.4 is 15.6 Å². The minimum atomic E-state index is -1.11. The van der Waals surface area contributed by atoms with Crippen molar-refractivity contribution in [3.63, 3.8) is 0 Å². The number of ether oxygens (including phenoxy) is 1. The number of rotatable bonds is 4. The van der Waals surface area contributed by atoms with Gasteiger partial charge in [0.15, 0.2) is 0 Å². The van der Waals surface area contributed by atoms with Gasteiger partial charge in [-0.05, 0) is 50.8 Å². The van der Waals surface area contributed by atoms with E-state index in [0.29, 0.717) is 34.3 Å². The Balaban J connectivity index is 2.00. The first-order valence-electron chi connectivity index (χ1n) is 11.7. The summed E-state index contributed by atoms with van der Waals surface area (Å²) in [4.78, 5) is 27.2. The summed E-state index contributed by atoms with van der Waals surface area (Å²) in [5.74, 6) is -0.230. The molecule has 8 heteroatoms. The zero-order chi connectivity index (χ0) is 25.2. The lowest BCUT2D eigenvalue weighted by atomic mass is 9.77. The molecule has 2 N–H and O–H groups in total. The second-order valence-electron chi connectivity index (χ2n) is 10.0. The molecule has 0 spiro atoms. The molecule has 1 aliphatic heterocycles. The quantitative estimate of drug-likeness (QED) is 0.533. The Labute approximate surface area is 202 Å². The lowest BCUT2D eigenvalue weighted by Crippen LogP contribution is -2.56. The molecule has 0 aliphatic carbocycles. The standard InChI is InChI=1S/C26H35BN2O5/c1-8-22(26(5,6)7)29(25(31)19-14-16(2)13-17(3)15-19)28-24(30)20-9-10-21-23(18(20)4)33-11-12-34-27(21)32/h9-10,13-15,22,32H,8,11-12H2,1-7H3,(H,28,30)/t22-/m0/s1.